The molecule has 0 unspecified atom stereocenters. The van der Waals surface area contributed by atoms with Crippen molar-refractivity contribution < 1.29 is 4.79 Å². The van der Waals surface area contributed by atoms with Gasteiger partial charge in [0.25, 0.3) is 11.1 Å². The Bertz CT molecular complexity index is 1410. The first kappa shape index (κ1) is 19.1. The zero-order chi connectivity index (χ0) is 20.9. The third kappa shape index (κ3) is 3.15. The number of aromatic nitrogens is 4. The number of hydrogen-bond acceptors (Lipinski definition) is 4. The molecule has 0 saturated carbocycles. The summed E-state index contributed by atoms with van der Waals surface area (Å²) in [7, 11) is 1.53. The van der Waals surface area contributed by atoms with Gasteiger partial charge in [-0.05, 0) is 65.7 Å². The van der Waals surface area contributed by atoms with Gasteiger partial charge in [-0.25, -0.2) is 4.98 Å². The van der Waals surface area contributed by atoms with E-state index >= 15 is 0 Å². The number of carbonyl (C=O) groups excluding carboxylic acids is 1. The predicted molar refractivity (Wildman–Crippen MR) is 114 cm³/mol. The highest BCUT2D eigenvalue weighted by molar-refractivity contribution is 9.10. The Morgan fingerprint density at radius 1 is 1.07 bits per heavy atom. The van der Waals surface area contributed by atoms with E-state index < -0.39 is 11.3 Å². The molecular formula is C21H17BrN4O3. The van der Waals surface area contributed by atoms with E-state index in [0.717, 1.165) is 10.0 Å². The highest BCUT2D eigenvalue weighted by atomic mass is 79.9. The van der Waals surface area contributed by atoms with Crippen LogP contribution in [0.5, 0.6) is 0 Å². The van der Waals surface area contributed by atoms with E-state index in [-0.39, 0.29) is 16.7 Å². The SMILES string of the molecule is Cc1ccc(-n2c(C)nc3ccc(C(=O)c4c[nH]n(C)c4=O)cc3c2=O)c(Br)c1. The molecule has 2 aromatic carbocycles. The minimum atomic E-state index is -0.447. The fraction of sp³-hybridized carbons (Fsp3) is 0.143. The van der Waals surface area contributed by atoms with Crippen molar-refractivity contribution in [2.75, 3.05) is 0 Å². The van der Waals surface area contributed by atoms with Gasteiger partial charge in [0.15, 0.2) is 5.78 Å². The number of nitrogens with zero attached hydrogens (tertiary/aromatic N) is 3. The van der Waals surface area contributed by atoms with E-state index in [0.29, 0.717) is 22.4 Å². The average molecular weight is 453 g/mol. The molecule has 0 spiro atoms. The number of aryl methyl sites for hydroxylation is 3. The fourth-order valence-corrected chi connectivity index (χ4v) is 3.97. The number of halogens is 1. The van der Waals surface area contributed by atoms with Crippen molar-refractivity contribution >= 4 is 32.6 Å². The summed E-state index contributed by atoms with van der Waals surface area (Å²) < 4.78 is 3.50. The van der Waals surface area contributed by atoms with Crippen LogP contribution in [0.1, 0.15) is 27.3 Å². The van der Waals surface area contributed by atoms with Crippen LogP contribution in [0.2, 0.25) is 0 Å². The van der Waals surface area contributed by atoms with Crippen LogP contribution < -0.4 is 11.1 Å². The van der Waals surface area contributed by atoms with Crippen LogP contribution in [0, 0.1) is 13.8 Å². The molecule has 0 bridgehead atoms. The molecule has 0 saturated heterocycles. The lowest BCUT2D eigenvalue weighted by atomic mass is 10.0. The highest BCUT2D eigenvalue weighted by Crippen LogP contribution is 2.23. The fourth-order valence-electron chi connectivity index (χ4n) is 3.30. The Hall–Kier alpha value is -3.26. The van der Waals surface area contributed by atoms with Crippen molar-refractivity contribution in [1.82, 2.24) is 19.3 Å². The van der Waals surface area contributed by atoms with Crippen LogP contribution in [-0.2, 0) is 7.05 Å². The molecule has 7 nitrogen and oxygen atoms in total. The summed E-state index contributed by atoms with van der Waals surface area (Å²) in [6.07, 6.45) is 1.37. The van der Waals surface area contributed by atoms with Gasteiger partial charge >= 0.3 is 0 Å². The summed E-state index contributed by atoms with van der Waals surface area (Å²) in [4.78, 5) is 42.7. The van der Waals surface area contributed by atoms with Crippen LogP contribution in [0.4, 0.5) is 0 Å². The van der Waals surface area contributed by atoms with Crippen LogP contribution in [0.25, 0.3) is 16.6 Å². The quantitative estimate of drug-likeness (QED) is 0.483. The average Bonchev–Trinajstić information content (AvgIpc) is 3.01. The summed E-state index contributed by atoms with van der Waals surface area (Å²) in [6.45, 7) is 3.72. The number of aromatic amines is 1. The summed E-state index contributed by atoms with van der Waals surface area (Å²) in [5.74, 6) is 0.0856. The standard InChI is InChI=1S/C21H17BrN4O3/c1-11-4-7-18(16(22)8-11)26-12(2)24-17-6-5-13(9-14(17)21(26)29)19(27)15-10-23-25(3)20(15)28/h4-10,23H,1-3H3. The predicted octanol–water partition coefficient (Wildman–Crippen LogP) is 3.02. The van der Waals surface area contributed by atoms with Gasteiger partial charge in [0.1, 0.15) is 11.4 Å². The van der Waals surface area contributed by atoms with Crippen molar-refractivity contribution in [3.63, 3.8) is 0 Å². The van der Waals surface area contributed by atoms with Crippen molar-refractivity contribution in [2.24, 2.45) is 7.05 Å². The second-order valence-electron chi connectivity index (χ2n) is 6.87. The van der Waals surface area contributed by atoms with E-state index in [1.165, 1.54) is 28.6 Å². The number of rotatable bonds is 3. The molecule has 0 aliphatic rings. The molecule has 29 heavy (non-hydrogen) atoms. The molecule has 146 valence electrons. The van der Waals surface area contributed by atoms with E-state index in [2.05, 4.69) is 26.0 Å². The Morgan fingerprint density at radius 3 is 2.48 bits per heavy atom. The number of fused-ring (bicyclic) bond motifs is 1. The second kappa shape index (κ2) is 6.97. The highest BCUT2D eigenvalue weighted by Gasteiger charge is 2.18. The molecular weight excluding hydrogens is 436 g/mol. The van der Waals surface area contributed by atoms with Crippen LogP contribution in [0.3, 0.4) is 0 Å². The molecule has 2 aromatic heterocycles. The molecule has 4 rings (SSSR count). The number of H-pyrrole nitrogens is 1. The van der Waals surface area contributed by atoms with Crippen molar-refractivity contribution in [1.29, 1.82) is 0 Å². The lowest BCUT2D eigenvalue weighted by molar-refractivity contribution is 0.103. The summed E-state index contributed by atoms with van der Waals surface area (Å²) in [5.41, 5.74) is 1.79. The van der Waals surface area contributed by atoms with Gasteiger partial charge in [-0.3, -0.25) is 23.6 Å². The Labute approximate surface area is 173 Å². The van der Waals surface area contributed by atoms with Gasteiger partial charge < -0.3 is 5.10 Å². The summed E-state index contributed by atoms with van der Waals surface area (Å²) in [5, 5.41) is 2.99. The van der Waals surface area contributed by atoms with Crippen LogP contribution in [-0.4, -0.2) is 25.1 Å². The maximum Gasteiger partial charge on any atom is 0.277 e. The van der Waals surface area contributed by atoms with Gasteiger partial charge in [-0.1, -0.05) is 6.07 Å². The molecule has 4 aromatic rings. The molecule has 2 heterocycles. The largest absolute Gasteiger partial charge is 0.302 e. The van der Waals surface area contributed by atoms with Gasteiger partial charge in [-0.15, -0.1) is 0 Å². The van der Waals surface area contributed by atoms with Crippen LogP contribution in [0.15, 0.2) is 56.7 Å². The maximum atomic E-state index is 13.3. The Balaban J connectivity index is 1.93. The number of hydrogen-bond donors (Lipinski definition) is 1. The molecule has 0 amide bonds. The topological polar surface area (TPSA) is 89.8 Å². The van der Waals surface area contributed by atoms with E-state index in [4.69, 9.17) is 0 Å². The first-order valence-corrected chi connectivity index (χ1v) is 9.66. The lowest BCUT2D eigenvalue weighted by Crippen LogP contribution is -2.23. The first-order valence-electron chi connectivity index (χ1n) is 8.87. The monoisotopic (exact) mass is 452 g/mol. The molecule has 0 atom stereocenters. The number of ketones is 1. The normalized spacial score (nSPS) is 11.2. The van der Waals surface area contributed by atoms with Crippen LogP contribution >= 0.6 is 15.9 Å². The molecule has 0 aliphatic carbocycles. The zero-order valence-electron chi connectivity index (χ0n) is 16.0. The minimum Gasteiger partial charge on any atom is -0.302 e. The van der Waals surface area contributed by atoms with Gasteiger partial charge in [-0.2, -0.15) is 0 Å². The number of nitrogens with one attached hydrogen (secondary N) is 1. The van der Waals surface area contributed by atoms with Crippen molar-refractivity contribution in [3.05, 3.63) is 90.3 Å². The van der Waals surface area contributed by atoms with E-state index in [9.17, 15) is 14.4 Å². The van der Waals surface area contributed by atoms with Crippen molar-refractivity contribution in [2.45, 2.75) is 13.8 Å². The zero-order valence-corrected chi connectivity index (χ0v) is 17.6. The lowest BCUT2D eigenvalue weighted by Gasteiger charge is -2.13. The third-order valence-electron chi connectivity index (χ3n) is 4.82. The molecule has 0 fully saturated rings. The first-order chi connectivity index (χ1) is 13.8. The smallest absolute Gasteiger partial charge is 0.277 e. The maximum absolute atomic E-state index is 13.3. The van der Waals surface area contributed by atoms with E-state index in [1.807, 2.05) is 25.1 Å². The Kier molecular flexibility index (Phi) is 4.58. The van der Waals surface area contributed by atoms with Gasteiger partial charge in [0.05, 0.1) is 16.6 Å². The van der Waals surface area contributed by atoms with Crippen molar-refractivity contribution in [3.8, 4) is 5.69 Å². The summed E-state index contributed by atoms with van der Waals surface area (Å²) >= 11 is 3.51. The Morgan fingerprint density at radius 2 is 1.83 bits per heavy atom. The summed E-state index contributed by atoms with van der Waals surface area (Å²) in [6, 6.07) is 10.4. The minimum absolute atomic E-state index is 0.0218. The second-order valence-corrected chi connectivity index (χ2v) is 7.72. The molecule has 1 N–H and O–H groups in total. The van der Waals surface area contributed by atoms with Gasteiger partial charge in [0.2, 0.25) is 0 Å². The van der Waals surface area contributed by atoms with E-state index in [1.54, 1.807) is 19.1 Å². The molecule has 0 aliphatic heterocycles. The number of benzene rings is 2. The third-order valence-corrected chi connectivity index (χ3v) is 5.46. The molecule has 0 radical (unpaired) electrons. The number of carbonyl (C=O) groups is 1. The van der Waals surface area contributed by atoms with Gasteiger partial charge in [0, 0.05) is 23.3 Å². The molecule has 8 heteroatoms.